The molecule has 104 valence electrons. The van der Waals surface area contributed by atoms with Crippen LogP contribution >= 0.6 is 11.3 Å². The third-order valence-corrected chi connectivity index (χ3v) is 6.72. The van der Waals surface area contributed by atoms with Gasteiger partial charge in [0.2, 0.25) is 0 Å². The molecule has 19 heavy (non-hydrogen) atoms. The van der Waals surface area contributed by atoms with Crippen molar-refractivity contribution >= 4 is 11.3 Å². The monoisotopic (exact) mass is 277 g/mol. The Kier molecular flexibility index (Phi) is 2.94. The molecule has 4 aliphatic carbocycles. The van der Waals surface area contributed by atoms with Crippen LogP contribution in [-0.2, 0) is 6.42 Å². The Labute approximate surface area is 119 Å². The highest BCUT2D eigenvalue weighted by atomic mass is 32.1. The minimum atomic E-state index is 0.446. The molecule has 4 fully saturated rings. The summed E-state index contributed by atoms with van der Waals surface area (Å²) in [5.41, 5.74) is 5.59. The van der Waals surface area contributed by atoms with E-state index in [1.807, 2.05) is 11.7 Å². The van der Waals surface area contributed by atoms with Crippen LogP contribution in [-0.4, -0.2) is 11.0 Å². The molecule has 0 spiro atoms. The fourth-order valence-electron chi connectivity index (χ4n) is 5.60. The molecule has 3 nitrogen and oxygen atoms in total. The van der Waals surface area contributed by atoms with Crippen LogP contribution in [0.3, 0.4) is 0 Å². The van der Waals surface area contributed by atoms with Gasteiger partial charge in [-0.3, -0.25) is 16.3 Å². The van der Waals surface area contributed by atoms with E-state index >= 15 is 0 Å². The van der Waals surface area contributed by atoms with Gasteiger partial charge in [-0.1, -0.05) is 0 Å². The SMILES string of the molecule is NNC(Cc1cncs1)C12CC3CC(CC(C3)C1)C2. The molecule has 4 heteroatoms. The molecular weight excluding hydrogens is 254 g/mol. The van der Waals surface area contributed by atoms with Gasteiger partial charge < -0.3 is 0 Å². The van der Waals surface area contributed by atoms with E-state index in [1.54, 1.807) is 11.3 Å². The molecule has 1 heterocycles. The van der Waals surface area contributed by atoms with Gasteiger partial charge in [0.1, 0.15) is 0 Å². The first-order valence-corrected chi connectivity index (χ1v) is 8.49. The standard InChI is InChI=1S/C15H23N3S/c16-18-14(4-13-8-17-9-19-13)15-5-10-1-11(6-15)3-12(2-10)7-15/h8-12,14,18H,1-7,16H2. The predicted octanol–water partition coefficient (Wildman–Crippen LogP) is 2.73. The summed E-state index contributed by atoms with van der Waals surface area (Å²) in [4.78, 5) is 5.58. The first-order valence-electron chi connectivity index (χ1n) is 7.61. The Morgan fingerprint density at radius 3 is 2.37 bits per heavy atom. The zero-order chi connectivity index (χ0) is 12.9. The molecular formula is C15H23N3S. The number of hydrogen-bond acceptors (Lipinski definition) is 4. The van der Waals surface area contributed by atoms with Gasteiger partial charge in [0.15, 0.2) is 0 Å². The Balaban J connectivity index is 1.58. The molecule has 3 N–H and O–H groups in total. The number of nitrogens with zero attached hydrogens (tertiary/aromatic N) is 1. The van der Waals surface area contributed by atoms with E-state index in [1.165, 1.54) is 43.4 Å². The zero-order valence-electron chi connectivity index (χ0n) is 11.3. The molecule has 0 saturated heterocycles. The molecule has 4 saturated carbocycles. The molecule has 5 rings (SSSR count). The minimum absolute atomic E-state index is 0.446. The van der Waals surface area contributed by atoms with Crippen molar-refractivity contribution in [2.45, 2.75) is 51.0 Å². The molecule has 1 atom stereocenters. The number of hydrazine groups is 1. The van der Waals surface area contributed by atoms with Crippen molar-refractivity contribution in [2.24, 2.45) is 29.0 Å². The Bertz CT molecular complexity index is 407. The fraction of sp³-hybridized carbons (Fsp3) is 0.800. The van der Waals surface area contributed by atoms with Crippen molar-refractivity contribution in [1.29, 1.82) is 0 Å². The molecule has 1 aromatic rings. The number of nitrogens with one attached hydrogen (secondary N) is 1. The van der Waals surface area contributed by atoms with Gasteiger partial charge in [0.25, 0.3) is 0 Å². The number of nitrogens with two attached hydrogens (primary N) is 1. The lowest BCUT2D eigenvalue weighted by atomic mass is 9.47. The lowest BCUT2D eigenvalue weighted by Gasteiger charge is -2.59. The quantitative estimate of drug-likeness (QED) is 0.657. The van der Waals surface area contributed by atoms with Crippen molar-refractivity contribution in [3.63, 3.8) is 0 Å². The van der Waals surface area contributed by atoms with E-state index in [0.29, 0.717) is 11.5 Å². The molecule has 4 aliphatic rings. The average Bonchev–Trinajstić information content (AvgIpc) is 2.87. The summed E-state index contributed by atoms with van der Waals surface area (Å²) < 4.78 is 0. The van der Waals surface area contributed by atoms with Crippen LogP contribution in [0.2, 0.25) is 0 Å². The van der Waals surface area contributed by atoms with Crippen molar-refractivity contribution in [3.8, 4) is 0 Å². The van der Waals surface area contributed by atoms with Crippen LogP contribution < -0.4 is 11.3 Å². The molecule has 0 aromatic carbocycles. The van der Waals surface area contributed by atoms with Gasteiger partial charge in [-0.2, -0.15) is 0 Å². The van der Waals surface area contributed by atoms with Crippen LogP contribution in [0.1, 0.15) is 43.4 Å². The molecule has 0 radical (unpaired) electrons. The highest BCUT2D eigenvalue weighted by Crippen LogP contribution is 2.61. The number of aromatic nitrogens is 1. The fourth-order valence-corrected chi connectivity index (χ4v) is 6.24. The summed E-state index contributed by atoms with van der Waals surface area (Å²) in [5.74, 6) is 8.91. The van der Waals surface area contributed by atoms with Crippen LogP contribution in [0.15, 0.2) is 11.7 Å². The highest BCUT2D eigenvalue weighted by molar-refractivity contribution is 7.09. The van der Waals surface area contributed by atoms with E-state index in [2.05, 4.69) is 10.4 Å². The normalized spacial score (nSPS) is 41.6. The molecule has 1 aromatic heterocycles. The van der Waals surface area contributed by atoms with Gasteiger partial charge in [-0.25, -0.2) is 0 Å². The summed E-state index contributed by atoms with van der Waals surface area (Å²) in [6.07, 6.45) is 11.8. The summed E-state index contributed by atoms with van der Waals surface area (Å²) >= 11 is 1.76. The van der Waals surface area contributed by atoms with Gasteiger partial charge in [0.05, 0.1) is 5.51 Å². The van der Waals surface area contributed by atoms with Crippen LogP contribution in [0.5, 0.6) is 0 Å². The summed E-state index contributed by atoms with van der Waals surface area (Å²) in [5, 5.41) is 0. The smallest absolute Gasteiger partial charge is 0.0794 e. The molecule has 4 bridgehead atoms. The van der Waals surface area contributed by atoms with Gasteiger partial charge >= 0.3 is 0 Å². The second-order valence-corrected chi connectivity index (χ2v) is 8.14. The first kappa shape index (κ1) is 12.3. The van der Waals surface area contributed by atoms with E-state index in [9.17, 15) is 0 Å². The van der Waals surface area contributed by atoms with Crippen LogP contribution in [0.4, 0.5) is 0 Å². The summed E-state index contributed by atoms with van der Waals surface area (Å²) in [7, 11) is 0. The van der Waals surface area contributed by atoms with Gasteiger partial charge in [-0.15, -0.1) is 11.3 Å². The third kappa shape index (κ3) is 2.05. The van der Waals surface area contributed by atoms with Gasteiger partial charge in [0, 0.05) is 23.5 Å². The van der Waals surface area contributed by atoms with E-state index in [4.69, 9.17) is 5.84 Å². The van der Waals surface area contributed by atoms with Gasteiger partial charge in [-0.05, 0) is 61.7 Å². The van der Waals surface area contributed by atoms with Crippen LogP contribution in [0.25, 0.3) is 0 Å². The largest absolute Gasteiger partial charge is 0.271 e. The van der Waals surface area contributed by atoms with Crippen molar-refractivity contribution in [3.05, 3.63) is 16.6 Å². The first-order chi connectivity index (χ1) is 9.27. The highest BCUT2D eigenvalue weighted by Gasteiger charge is 2.53. The topological polar surface area (TPSA) is 50.9 Å². The zero-order valence-corrected chi connectivity index (χ0v) is 12.2. The Hall–Kier alpha value is -0.450. The number of thiazole rings is 1. The van der Waals surface area contributed by atoms with E-state index < -0.39 is 0 Å². The third-order valence-electron chi connectivity index (χ3n) is 5.91. The van der Waals surface area contributed by atoms with Crippen molar-refractivity contribution in [1.82, 2.24) is 10.4 Å². The summed E-state index contributed by atoms with van der Waals surface area (Å²) in [6, 6.07) is 0.446. The molecule has 0 amide bonds. The number of hydrogen-bond donors (Lipinski definition) is 2. The minimum Gasteiger partial charge on any atom is -0.271 e. The second-order valence-electron chi connectivity index (χ2n) is 7.17. The molecule has 1 unspecified atom stereocenters. The number of rotatable bonds is 4. The average molecular weight is 277 g/mol. The Morgan fingerprint density at radius 1 is 1.26 bits per heavy atom. The van der Waals surface area contributed by atoms with E-state index in [0.717, 1.165) is 24.2 Å². The lowest BCUT2D eigenvalue weighted by molar-refractivity contribution is -0.0736. The van der Waals surface area contributed by atoms with E-state index in [-0.39, 0.29) is 0 Å². The molecule has 0 aliphatic heterocycles. The predicted molar refractivity (Wildman–Crippen MR) is 77.5 cm³/mol. The maximum atomic E-state index is 5.95. The maximum Gasteiger partial charge on any atom is 0.0794 e. The summed E-state index contributed by atoms with van der Waals surface area (Å²) in [6.45, 7) is 0. The second kappa shape index (κ2) is 4.54. The lowest BCUT2D eigenvalue weighted by Crippen LogP contribution is -2.58. The van der Waals surface area contributed by atoms with Crippen molar-refractivity contribution < 1.29 is 0 Å². The van der Waals surface area contributed by atoms with Crippen molar-refractivity contribution in [2.75, 3.05) is 0 Å². The maximum absolute atomic E-state index is 5.95. The Morgan fingerprint density at radius 2 is 1.89 bits per heavy atom. The van der Waals surface area contributed by atoms with Crippen LogP contribution in [0, 0.1) is 23.2 Å².